The van der Waals surface area contributed by atoms with Crippen LogP contribution in [0.2, 0.25) is 0 Å². The Balaban J connectivity index is 0.00000225. The van der Waals surface area contributed by atoms with Gasteiger partial charge in [-0.1, -0.05) is 6.92 Å². The Morgan fingerprint density at radius 1 is 1.62 bits per heavy atom. The van der Waals surface area contributed by atoms with Gasteiger partial charge in [-0.25, -0.2) is 0 Å². The Bertz CT molecular complexity index is 350. The number of aryl methyl sites for hydroxylation is 2. The first-order valence-corrected chi connectivity index (χ1v) is 5.18. The van der Waals surface area contributed by atoms with Crippen LogP contribution in [-0.4, -0.2) is 18.5 Å². The molecule has 1 aromatic rings. The van der Waals surface area contributed by atoms with E-state index in [0.29, 0.717) is 12.3 Å². The molecule has 0 bridgehead atoms. The molecule has 0 unspecified atom stereocenters. The van der Waals surface area contributed by atoms with Gasteiger partial charge in [-0.3, -0.25) is 4.79 Å². The lowest BCUT2D eigenvalue weighted by Gasteiger charge is -2.09. The van der Waals surface area contributed by atoms with Gasteiger partial charge in [-0.05, 0) is 25.5 Å². The molecule has 3 N–H and O–H groups in total. The lowest BCUT2D eigenvalue weighted by molar-refractivity contribution is 0.0911. The number of nitrogens with two attached hydrogens (primary N) is 1. The van der Waals surface area contributed by atoms with Crippen LogP contribution in [0, 0.1) is 6.92 Å². The molecule has 1 rings (SSSR count). The predicted octanol–water partition coefficient (Wildman–Crippen LogP) is 1.65. The summed E-state index contributed by atoms with van der Waals surface area (Å²) in [5.41, 5.74) is 6.43. The first-order valence-electron chi connectivity index (χ1n) is 5.18. The normalized spacial score (nSPS) is 11.8. The maximum Gasteiger partial charge on any atom is 0.287 e. The first kappa shape index (κ1) is 15.0. The molecule has 1 amide bonds. The molecule has 16 heavy (non-hydrogen) atoms. The highest BCUT2D eigenvalue weighted by Gasteiger charge is 2.14. The lowest BCUT2D eigenvalue weighted by Crippen LogP contribution is -2.37. The summed E-state index contributed by atoms with van der Waals surface area (Å²) in [5, 5.41) is 2.75. The van der Waals surface area contributed by atoms with Crippen molar-refractivity contribution in [1.29, 1.82) is 0 Å². The molecule has 0 aliphatic carbocycles. The maximum atomic E-state index is 11.6. The van der Waals surface area contributed by atoms with Crippen LogP contribution < -0.4 is 11.1 Å². The summed E-state index contributed by atoms with van der Waals surface area (Å²) in [4.78, 5) is 11.6. The predicted molar refractivity (Wildman–Crippen MR) is 66.1 cm³/mol. The highest BCUT2D eigenvalue weighted by Crippen LogP contribution is 2.14. The van der Waals surface area contributed by atoms with Gasteiger partial charge in [0, 0.05) is 19.0 Å². The van der Waals surface area contributed by atoms with Crippen molar-refractivity contribution in [3.05, 3.63) is 23.2 Å². The van der Waals surface area contributed by atoms with E-state index in [1.54, 1.807) is 6.07 Å². The van der Waals surface area contributed by atoms with Crippen LogP contribution in [-0.2, 0) is 6.42 Å². The number of rotatable bonds is 4. The molecule has 1 atom stereocenters. The van der Waals surface area contributed by atoms with Gasteiger partial charge in [0.15, 0.2) is 5.76 Å². The smallest absolute Gasteiger partial charge is 0.287 e. The molecule has 0 aliphatic heterocycles. The van der Waals surface area contributed by atoms with E-state index in [1.165, 1.54) is 0 Å². The number of furan rings is 1. The number of nitrogens with one attached hydrogen (secondary N) is 1. The summed E-state index contributed by atoms with van der Waals surface area (Å²) in [5.74, 6) is 1.03. The Morgan fingerprint density at radius 2 is 2.25 bits per heavy atom. The quantitative estimate of drug-likeness (QED) is 0.849. The summed E-state index contributed by atoms with van der Waals surface area (Å²) in [6.45, 7) is 6.21. The van der Waals surface area contributed by atoms with Crippen molar-refractivity contribution in [3.63, 3.8) is 0 Å². The van der Waals surface area contributed by atoms with E-state index in [4.69, 9.17) is 10.2 Å². The van der Waals surface area contributed by atoms with Crippen LogP contribution in [0.1, 0.15) is 35.7 Å². The zero-order chi connectivity index (χ0) is 11.4. The fourth-order valence-electron chi connectivity index (χ4n) is 1.34. The average molecular weight is 247 g/mol. The molecule has 0 radical (unpaired) electrons. The molecule has 0 spiro atoms. The van der Waals surface area contributed by atoms with E-state index in [0.717, 1.165) is 17.7 Å². The van der Waals surface area contributed by atoms with Gasteiger partial charge in [-0.15, -0.1) is 12.4 Å². The number of halogens is 1. The van der Waals surface area contributed by atoms with Gasteiger partial charge in [-0.2, -0.15) is 0 Å². The van der Waals surface area contributed by atoms with Crippen molar-refractivity contribution in [3.8, 4) is 0 Å². The van der Waals surface area contributed by atoms with Crippen LogP contribution in [0.15, 0.2) is 10.5 Å². The van der Waals surface area contributed by atoms with Crippen LogP contribution in [0.3, 0.4) is 0 Å². The van der Waals surface area contributed by atoms with E-state index in [1.807, 2.05) is 20.8 Å². The monoisotopic (exact) mass is 246 g/mol. The van der Waals surface area contributed by atoms with E-state index >= 15 is 0 Å². The third kappa shape index (κ3) is 3.54. The fraction of sp³-hybridized carbons (Fsp3) is 0.545. The molecule has 1 aromatic heterocycles. The second kappa shape index (κ2) is 6.55. The summed E-state index contributed by atoms with van der Waals surface area (Å²) in [7, 11) is 0. The van der Waals surface area contributed by atoms with E-state index in [-0.39, 0.29) is 24.4 Å². The molecule has 1 heterocycles. The minimum atomic E-state index is -0.198. The second-order valence-electron chi connectivity index (χ2n) is 3.68. The summed E-state index contributed by atoms with van der Waals surface area (Å²) >= 11 is 0. The van der Waals surface area contributed by atoms with E-state index in [9.17, 15) is 4.79 Å². The average Bonchev–Trinajstić information content (AvgIpc) is 2.59. The van der Waals surface area contributed by atoms with E-state index < -0.39 is 0 Å². The number of carbonyl (C=O) groups is 1. The third-order valence-electron chi connectivity index (χ3n) is 2.30. The molecular weight excluding hydrogens is 228 g/mol. The molecule has 0 fully saturated rings. The largest absolute Gasteiger partial charge is 0.456 e. The maximum absolute atomic E-state index is 11.6. The highest BCUT2D eigenvalue weighted by atomic mass is 35.5. The van der Waals surface area contributed by atoms with Gasteiger partial charge in [0.1, 0.15) is 5.76 Å². The zero-order valence-corrected chi connectivity index (χ0v) is 10.7. The standard InChI is InChI=1S/C11H18N2O2.ClH/c1-4-9-7(2)5-10(15-9)11(14)13-8(3)6-12;/h5,8H,4,6,12H2,1-3H3,(H,13,14);1H/t8-;/m1./s1. The van der Waals surface area contributed by atoms with Crippen molar-refractivity contribution in [2.24, 2.45) is 5.73 Å². The van der Waals surface area contributed by atoms with Gasteiger partial charge in [0.2, 0.25) is 0 Å². The van der Waals surface area contributed by atoms with Crippen molar-refractivity contribution >= 4 is 18.3 Å². The van der Waals surface area contributed by atoms with Crippen molar-refractivity contribution < 1.29 is 9.21 Å². The van der Waals surface area contributed by atoms with Gasteiger partial charge in [0.05, 0.1) is 0 Å². The van der Waals surface area contributed by atoms with Crippen molar-refractivity contribution in [2.75, 3.05) is 6.54 Å². The summed E-state index contributed by atoms with van der Waals surface area (Å²) < 4.78 is 5.42. The van der Waals surface area contributed by atoms with Crippen LogP contribution >= 0.6 is 12.4 Å². The fourth-order valence-corrected chi connectivity index (χ4v) is 1.34. The van der Waals surface area contributed by atoms with Crippen molar-refractivity contribution in [2.45, 2.75) is 33.2 Å². The molecule has 0 aliphatic rings. The van der Waals surface area contributed by atoms with Gasteiger partial charge in [0.25, 0.3) is 5.91 Å². The summed E-state index contributed by atoms with van der Waals surface area (Å²) in [6, 6.07) is 1.73. The van der Waals surface area contributed by atoms with Crippen LogP contribution in [0.4, 0.5) is 0 Å². The molecule has 92 valence electrons. The number of hydrogen-bond donors (Lipinski definition) is 2. The topological polar surface area (TPSA) is 68.3 Å². The SMILES string of the molecule is CCc1oc(C(=O)N[C@H](C)CN)cc1C.Cl. The molecule has 4 nitrogen and oxygen atoms in total. The minimum Gasteiger partial charge on any atom is -0.456 e. The Hall–Kier alpha value is -1.00. The van der Waals surface area contributed by atoms with Gasteiger partial charge >= 0.3 is 0 Å². The second-order valence-corrected chi connectivity index (χ2v) is 3.68. The number of carbonyl (C=O) groups excluding carboxylic acids is 1. The Labute approximate surface area is 102 Å². The minimum absolute atomic E-state index is 0. The zero-order valence-electron chi connectivity index (χ0n) is 9.87. The highest BCUT2D eigenvalue weighted by molar-refractivity contribution is 5.91. The first-order chi connectivity index (χ1) is 7.08. The molecule has 0 saturated carbocycles. The third-order valence-corrected chi connectivity index (χ3v) is 2.30. The molecule has 0 aromatic carbocycles. The molecule has 5 heteroatoms. The number of amides is 1. The Morgan fingerprint density at radius 3 is 2.69 bits per heavy atom. The summed E-state index contributed by atoms with van der Waals surface area (Å²) in [6.07, 6.45) is 0.797. The number of hydrogen-bond acceptors (Lipinski definition) is 3. The molecular formula is C11H19ClN2O2. The lowest BCUT2D eigenvalue weighted by atomic mass is 10.2. The Kier molecular flexibility index (Phi) is 6.14. The molecule has 0 saturated heterocycles. The van der Waals surface area contributed by atoms with Crippen molar-refractivity contribution in [1.82, 2.24) is 5.32 Å². The van der Waals surface area contributed by atoms with E-state index in [2.05, 4.69) is 5.32 Å². The van der Waals surface area contributed by atoms with Gasteiger partial charge < -0.3 is 15.5 Å². The van der Waals surface area contributed by atoms with Crippen LogP contribution in [0.5, 0.6) is 0 Å². The van der Waals surface area contributed by atoms with Crippen LogP contribution in [0.25, 0.3) is 0 Å².